The Hall–Kier alpha value is -2.67. The topological polar surface area (TPSA) is 62.7 Å². The summed E-state index contributed by atoms with van der Waals surface area (Å²) in [5, 5.41) is 8.91. The van der Waals surface area contributed by atoms with Crippen molar-refractivity contribution in [1.29, 1.82) is 5.26 Å². The van der Waals surface area contributed by atoms with Gasteiger partial charge in [-0.1, -0.05) is 32.9 Å². The van der Waals surface area contributed by atoms with E-state index >= 15 is 0 Å². The van der Waals surface area contributed by atoms with E-state index in [-0.39, 0.29) is 5.41 Å². The van der Waals surface area contributed by atoms with Gasteiger partial charge in [-0.3, -0.25) is 0 Å². The largest absolute Gasteiger partial charge is 0.439 e. The molecule has 110 valence electrons. The first-order chi connectivity index (χ1) is 10.4. The zero-order valence-corrected chi connectivity index (χ0v) is 13.1. The first kappa shape index (κ1) is 14.3. The van der Waals surface area contributed by atoms with Crippen molar-refractivity contribution in [2.75, 3.05) is 0 Å². The van der Waals surface area contributed by atoms with Crippen LogP contribution in [0.25, 0.3) is 22.4 Å². The predicted octanol–water partition coefficient (Wildman–Crippen LogP) is 4.37. The summed E-state index contributed by atoms with van der Waals surface area (Å²) in [5.74, 6) is 0.638. The van der Waals surface area contributed by atoms with Gasteiger partial charge in [0.15, 0.2) is 11.5 Å². The van der Waals surface area contributed by atoms with Gasteiger partial charge < -0.3 is 4.42 Å². The Balaban J connectivity index is 2.24. The second-order valence-electron chi connectivity index (χ2n) is 6.38. The minimum absolute atomic E-state index is 0.146. The van der Waals surface area contributed by atoms with Gasteiger partial charge in [0.05, 0.1) is 23.0 Å². The molecule has 3 rings (SSSR count). The molecule has 4 heteroatoms. The first-order valence-electron chi connectivity index (χ1n) is 7.17. The summed E-state index contributed by atoms with van der Waals surface area (Å²) < 4.78 is 5.74. The van der Waals surface area contributed by atoms with Crippen LogP contribution >= 0.6 is 0 Å². The minimum Gasteiger partial charge on any atom is -0.439 e. The van der Waals surface area contributed by atoms with Crippen LogP contribution in [0.1, 0.15) is 37.9 Å². The Kier molecular flexibility index (Phi) is 3.22. The third kappa shape index (κ3) is 2.46. The summed E-state index contributed by atoms with van der Waals surface area (Å²) in [4.78, 5) is 9.24. The molecular formula is C18H17N3O. The molecule has 0 N–H and O–H groups in total. The first-order valence-corrected chi connectivity index (χ1v) is 7.17. The molecule has 0 atom stereocenters. The smallest absolute Gasteiger partial charge is 0.192 e. The van der Waals surface area contributed by atoms with Crippen molar-refractivity contribution >= 4 is 11.1 Å². The molecule has 0 amide bonds. The van der Waals surface area contributed by atoms with E-state index < -0.39 is 0 Å². The van der Waals surface area contributed by atoms with E-state index in [2.05, 4.69) is 31.8 Å². The van der Waals surface area contributed by atoms with Gasteiger partial charge in [-0.05, 0) is 18.2 Å². The van der Waals surface area contributed by atoms with Crippen molar-refractivity contribution < 1.29 is 4.42 Å². The van der Waals surface area contributed by atoms with Crippen molar-refractivity contribution in [3.63, 3.8) is 0 Å². The van der Waals surface area contributed by atoms with Crippen LogP contribution in [0.15, 0.2) is 34.7 Å². The van der Waals surface area contributed by atoms with E-state index in [1.807, 2.05) is 25.1 Å². The predicted molar refractivity (Wildman–Crippen MR) is 85.4 cm³/mol. The van der Waals surface area contributed by atoms with Crippen molar-refractivity contribution in [3.05, 3.63) is 47.5 Å². The van der Waals surface area contributed by atoms with Crippen LogP contribution in [-0.2, 0) is 5.41 Å². The van der Waals surface area contributed by atoms with Crippen LogP contribution < -0.4 is 0 Å². The van der Waals surface area contributed by atoms with Crippen LogP contribution in [0.3, 0.4) is 0 Å². The summed E-state index contributed by atoms with van der Waals surface area (Å²) in [7, 11) is 0. The fraction of sp³-hybridized carbons (Fsp3) is 0.278. The lowest BCUT2D eigenvalue weighted by Gasteiger charge is -2.18. The monoisotopic (exact) mass is 291 g/mol. The Morgan fingerprint density at radius 1 is 1.09 bits per heavy atom. The molecule has 2 aromatic heterocycles. The molecule has 1 aromatic carbocycles. The summed E-state index contributed by atoms with van der Waals surface area (Å²) in [6.45, 7) is 8.16. The standard InChI is InChI=1S/C18H17N3O/c1-11-20-15-9-14(13-7-5-12(10-19)6-8-13)21-17(16(15)22-11)18(2,3)4/h5-9H,1-4H3. The van der Waals surface area contributed by atoms with Crippen LogP contribution in [0, 0.1) is 18.3 Å². The highest BCUT2D eigenvalue weighted by molar-refractivity contribution is 5.81. The van der Waals surface area contributed by atoms with Crippen molar-refractivity contribution in [2.45, 2.75) is 33.1 Å². The van der Waals surface area contributed by atoms with Crippen LogP contribution in [0.5, 0.6) is 0 Å². The highest BCUT2D eigenvalue weighted by Gasteiger charge is 2.23. The summed E-state index contributed by atoms with van der Waals surface area (Å²) in [5.41, 5.74) is 4.76. The number of rotatable bonds is 1. The van der Waals surface area contributed by atoms with Gasteiger partial charge >= 0.3 is 0 Å². The summed E-state index contributed by atoms with van der Waals surface area (Å²) >= 11 is 0. The summed E-state index contributed by atoms with van der Waals surface area (Å²) in [6.07, 6.45) is 0. The number of nitrogens with zero attached hydrogens (tertiary/aromatic N) is 3. The normalized spacial score (nSPS) is 11.6. The molecule has 0 aliphatic heterocycles. The Bertz CT molecular complexity index is 878. The molecule has 0 spiro atoms. The molecule has 0 bridgehead atoms. The van der Waals surface area contributed by atoms with E-state index in [0.717, 1.165) is 28.1 Å². The van der Waals surface area contributed by atoms with Crippen molar-refractivity contribution in [1.82, 2.24) is 9.97 Å². The number of oxazole rings is 1. The highest BCUT2D eigenvalue weighted by Crippen LogP contribution is 2.32. The van der Waals surface area contributed by atoms with Crippen LogP contribution in [0.2, 0.25) is 0 Å². The zero-order valence-electron chi connectivity index (χ0n) is 13.1. The van der Waals surface area contributed by atoms with Crippen LogP contribution in [-0.4, -0.2) is 9.97 Å². The van der Waals surface area contributed by atoms with E-state index in [4.69, 9.17) is 14.7 Å². The second-order valence-corrected chi connectivity index (χ2v) is 6.38. The van der Waals surface area contributed by atoms with Gasteiger partial charge in [0, 0.05) is 17.9 Å². The lowest BCUT2D eigenvalue weighted by Crippen LogP contribution is -2.14. The van der Waals surface area contributed by atoms with Crippen molar-refractivity contribution in [2.24, 2.45) is 0 Å². The quantitative estimate of drug-likeness (QED) is 0.668. The van der Waals surface area contributed by atoms with Gasteiger partial charge in [0.2, 0.25) is 0 Å². The number of aryl methyl sites for hydroxylation is 1. The molecule has 0 saturated heterocycles. The molecular weight excluding hydrogens is 274 g/mol. The van der Waals surface area contributed by atoms with Gasteiger partial charge in [0.1, 0.15) is 5.52 Å². The number of fused-ring (bicyclic) bond motifs is 1. The Morgan fingerprint density at radius 3 is 2.36 bits per heavy atom. The van der Waals surface area contributed by atoms with E-state index in [9.17, 15) is 0 Å². The molecule has 0 aliphatic rings. The van der Waals surface area contributed by atoms with E-state index in [0.29, 0.717) is 11.5 Å². The zero-order chi connectivity index (χ0) is 15.9. The maximum atomic E-state index is 8.91. The molecule has 22 heavy (non-hydrogen) atoms. The number of benzene rings is 1. The molecule has 0 aliphatic carbocycles. The van der Waals surface area contributed by atoms with Gasteiger partial charge in [0.25, 0.3) is 0 Å². The second kappa shape index (κ2) is 4.96. The lowest BCUT2D eigenvalue weighted by molar-refractivity contribution is 0.523. The van der Waals surface area contributed by atoms with Gasteiger partial charge in [-0.15, -0.1) is 0 Å². The molecule has 0 unspecified atom stereocenters. The highest BCUT2D eigenvalue weighted by atomic mass is 16.3. The maximum Gasteiger partial charge on any atom is 0.192 e. The molecule has 4 nitrogen and oxygen atoms in total. The third-order valence-electron chi connectivity index (χ3n) is 3.50. The minimum atomic E-state index is -0.146. The average Bonchev–Trinajstić information content (AvgIpc) is 2.85. The lowest BCUT2D eigenvalue weighted by atomic mass is 9.90. The average molecular weight is 291 g/mol. The molecule has 0 fully saturated rings. The Labute approximate surface area is 129 Å². The SMILES string of the molecule is Cc1nc2cc(-c3ccc(C#N)cc3)nc(C(C)(C)C)c2o1. The molecule has 0 radical (unpaired) electrons. The van der Waals surface area contributed by atoms with Crippen molar-refractivity contribution in [3.8, 4) is 17.3 Å². The Morgan fingerprint density at radius 2 is 1.77 bits per heavy atom. The number of hydrogen-bond acceptors (Lipinski definition) is 4. The van der Waals surface area contributed by atoms with E-state index in [1.165, 1.54) is 0 Å². The van der Waals surface area contributed by atoms with Gasteiger partial charge in [-0.25, -0.2) is 9.97 Å². The van der Waals surface area contributed by atoms with E-state index in [1.54, 1.807) is 12.1 Å². The molecule has 3 aromatic rings. The maximum absolute atomic E-state index is 8.91. The number of nitriles is 1. The fourth-order valence-electron chi connectivity index (χ4n) is 2.42. The summed E-state index contributed by atoms with van der Waals surface area (Å²) in [6, 6.07) is 11.5. The van der Waals surface area contributed by atoms with Crippen LogP contribution in [0.4, 0.5) is 0 Å². The fourth-order valence-corrected chi connectivity index (χ4v) is 2.42. The molecule has 0 saturated carbocycles. The number of pyridine rings is 1. The molecule has 2 heterocycles. The number of hydrogen-bond donors (Lipinski definition) is 0. The number of aromatic nitrogens is 2. The van der Waals surface area contributed by atoms with Gasteiger partial charge in [-0.2, -0.15) is 5.26 Å². The third-order valence-corrected chi connectivity index (χ3v) is 3.50.